The summed E-state index contributed by atoms with van der Waals surface area (Å²) >= 11 is 0. The number of hydrogen-bond donors (Lipinski definition) is 3. The number of carbonyl (C=O) groups excluding carboxylic acids is 2. The van der Waals surface area contributed by atoms with Gasteiger partial charge in [0.05, 0.1) is 29.4 Å². The van der Waals surface area contributed by atoms with E-state index in [9.17, 15) is 18.0 Å². The van der Waals surface area contributed by atoms with Crippen LogP contribution in [-0.2, 0) is 14.8 Å². The van der Waals surface area contributed by atoms with Gasteiger partial charge in [-0.25, -0.2) is 13.1 Å². The molecule has 2 aromatic rings. The molecule has 0 saturated heterocycles. The monoisotopic (exact) mass is 447 g/mol. The van der Waals surface area contributed by atoms with Gasteiger partial charge in [-0.15, -0.1) is 0 Å². The van der Waals surface area contributed by atoms with Crippen molar-refractivity contribution in [3.63, 3.8) is 0 Å². The molecule has 0 aliphatic carbocycles. The molecule has 2 aromatic carbocycles. The molecule has 1 aliphatic heterocycles. The highest BCUT2D eigenvalue weighted by atomic mass is 32.2. The molecule has 0 saturated carbocycles. The predicted octanol–water partition coefficient (Wildman–Crippen LogP) is 1.82. The number of rotatable bonds is 7. The first-order valence-corrected chi connectivity index (χ1v) is 11.3. The molecule has 0 fully saturated rings. The molecule has 9 nitrogen and oxygen atoms in total. The second kappa shape index (κ2) is 9.80. The average molecular weight is 448 g/mol. The molecule has 3 rings (SSSR count). The van der Waals surface area contributed by atoms with E-state index in [0.29, 0.717) is 47.9 Å². The summed E-state index contributed by atoms with van der Waals surface area (Å²) in [4.78, 5) is 24.4. The molecule has 2 amide bonds. The Bertz CT molecular complexity index is 1080. The van der Waals surface area contributed by atoms with Crippen LogP contribution in [0.4, 0.5) is 5.69 Å². The zero-order valence-corrected chi connectivity index (χ0v) is 18.2. The van der Waals surface area contributed by atoms with E-state index in [1.807, 2.05) is 0 Å². The SMILES string of the molecule is CNC(=O)c1c(C)cccc1NC(=O)CCNS(=O)(=O)c1ccc2c(c1)OCCCO2. The Labute approximate surface area is 181 Å². The van der Waals surface area contributed by atoms with Gasteiger partial charge in [0.15, 0.2) is 11.5 Å². The summed E-state index contributed by atoms with van der Waals surface area (Å²) in [5.41, 5.74) is 1.45. The summed E-state index contributed by atoms with van der Waals surface area (Å²) in [5.74, 6) is 0.140. The van der Waals surface area contributed by atoms with Crippen LogP contribution in [0.2, 0.25) is 0 Å². The van der Waals surface area contributed by atoms with Crippen LogP contribution in [0, 0.1) is 6.92 Å². The van der Waals surface area contributed by atoms with E-state index in [2.05, 4.69) is 15.4 Å². The van der Waals surface area contributed by atoms with Crippen LogP contribution in [0.15, 0.2) is 41.3 Å². The van der Waals surface area contributed by atoms with Gasteiger partial charge in [-0.05, 0) is 30.7 Å². The highest BCUT2D eigenvalue weighted by molar-refractivity contribution is 7.89. The zero-order chi connectivity index (χ0) is 22.4. The van der Waals surface area contributed by atoms with Crippen LogP contribution in [0.25, 0.3) is 0 Å². The summed E-state index contributed by atoms with van der Waals surface area (Å²) in [7, 11) is -2.33. The van der Waals surface area contributed by atoms with Gasteiger partial charge in [0, 0.05) is 32.5 Å². The third-order valence-corrected chi connectivity index (χ3v) is 6.13. The number of benzene rings is 2. The summed E-state index contributed by atoms with van der Waals surface area (Å²) in [5, 5.41) is 5.21. The van der Waals surface area contributed by atoms with E-state index >= 15 is 0 Å². The molecule has 3 N–H and O–H groups in total. The van der Waals surface area contributed by atoms with Crippen molar-refractivity contribution in [2.24, 2.45) is 0 Å². The standard InChI is InChI=1S/C21H25N3O6S/c1-14-5-3-6-16(20(14)21(26)22-2)24-19(25)9-10-23-31(27,28)15-7-8-17-18(13-15)30-12-4-11-29-17/h3,5-8,13,23H,4,9-12H2,1-2H3,(H,22,26)(H,24,25). The number of sulfonamides is 1. The van der Waals surface area contributed by atoms with Crippen molar-refractivity contribution in [3.8, 4) is 11.5 Å². The summed E-state index contributed by atoms with van der Waals surface area (Å²) in [6.07, 6.45) is 0.609. The van der Waals surface area contributed by atoms with Gasteiger partial charge in [-0.2, -0.15) is 0 Å². The molecule has 0 unspecified atom stereocenters. The summed E-state index contributed by atoms with van der Waals surface area (Å²) in [6, 6.07) is 9.51. The molecular weight excluding hydrogens is 422 g/mol. The van der Waals surface area contributed by atoms with Gasteiger partial charge in [-0.1, -0.05) is 12.1 Å². The minimum absolute atomic E-state index is 0.0257. The van der Waals surface area contributed by atoms with Crippen LogP contribution >= 0.6 is 0 Å². The van der Waals surface area contributed by atoms with Crippen molar-refractivity contribution in [2.75, 3.05) is 32.1 Å². The maximum Gasteiger partial charge on any atom is 0.253 e. The van der Waals surface area contributed by atoms with E-state index in [1.54, 1.807) is 31.2 Å². The number of ether oxygens (including phenoxy) is 2. The van der Waals surface area contributed by atoms with Crippen molar-refractivity contribution < 1.29 is 27.5 Å². The minimum atomic E-state index is -3.84. The molecule has 0 spiro atoms. The van der Waals surface area contributed by atoms with E-state index in [0.717, 1.165) is 0 Å². The van der Waals surface area contributed by atoms with Crippen molar-refractivity contribution >= 4 is 27.5 Å². The predicted molar refractivity (Wildman–Crippen MR) is 115 cm³/mol. The molecular formula is C21H25N3O6S. The number of fused-ring (bicyclic) bond motifs is 1. The van der Waals surface area contributed by atoms with Gasteiger partial charge in [0.2, 0.25) is 15.9 Å². The fourth-order valence-corrected chi connectivity index (χ4v) is 4.15. The lowest BCUT2D eigenvalue weighted by atomic mass is 10.1. The number of nitrogens with one attached hydrogen (secondary N) is 3. The third kappa shape index (κ3) is 5.53. The van der Waals surface area contributed by atoms with Crippen LogP contribution < -0.4 is 24.8 Å². The normalized spacial score (nSPS) is 13.2. The molecule has 1 heterocycles. The fourth-order valence-electron chi connectivity index (χ4n) is 3.10. The Morgan fingerprint density at radius 2 is 1.81 bits per heavy atom. The Kier molecular flexibility index (Phi) is 7.13. The van der Waals surface area contributed by atoms with E-state index < -0.39 is 15.9 Å². The lowest BCUT2D eigenvalue weighted by molar-refractivity contribution is -0.116. The van der Waals surface area contributed by atoms with Gasteiger partial charge in [-0.3, -0.25) is 9.59 Å². The second-order valence-corrected chi connectivity index (χ2v) is 8.70. The maximum absolute atomic E-state index is 12.6. The van der Waals surface area contributed by atoms with Gasteiger partial charge >= 0.3 is 0 Å². The van der Waals surface area contributed by atoms with Crippen molar-refractivity contribution in [1.29, 1.82) is 0 Å². The van der Waals surface area contributed by atoms with Crippen molar-refractivity contribution in [2.45, 2.75) is 24.7 Å². The molecule has 166 valence electrons. The van der Waals surface area contributed by atoms with Gasteiger partial charge in [0.25, 0.3) is 5.91 Å². The van der Waals surface area contributed by atoms with Gasteiger partial charge < -0.3 is 20.1 Å². The van der Waals surface area contributed by atoms with Gasteiger partial charge in [0.1, 0.15) is 0 Å². The second-order valence-electron chi connectivity index (χ2n) is 6.93. The fraction of sp³-hybridized carbons (Fsp3) is 0.333. The van der Waals surface area contributed by atoms with Crippen molar-refractivity contribution in [1.82, 2.24) is 10.0 Å². The average Bonchev–Trinajstić information content (AvgIpc) is 2.98. The largest absolute Gasteiger partial charge is 0.490 e. The summed E-state index contributed by atoms with van der Waals surface area (Å²) in [6.45, 7) is 2.61. The quantitative estimate of drug-likeness (QED) is 0.595. The first-order chi connectivity index (χ1) is 14.8. The molecule has 0 bridgehead atoms. The Balaban J connectivity index is 1.61. The van der Waals surface area contributed by atoms with E-state index in [1.165, 1.54) is 19.2 Å². The number of aryl methyl sites for hydroxylation is 1. The number of carbonyl (C=O) groups is 2. The smallest absolute Gasteiger partial charge is 0.253 e. The molecule has 0 atom stereocenters. The first-order valence-electron chi connectivity index (χ1n) is 9.82. The molecule has 0 radical (unpaired) electrons. The molecule has 10 heteroatoms. The number of anilines is 1. The lowest BCUT2D eigenvalue weighted by Gasteiger charge is -2.13. The molecule has 31 heavy (non-hydrogen) atoms. The molecule has 1 aliphatic rings. The summed E-state index contributed by atoms with van der Waals surface area (Å²) < 4.78 is 38.6. The van der Waals surface area contributed by atoms with E-state index in [4.69, 9.17) is 9.47 Å². The number of amides is 2. The van der Waals surface area contributed by atoms with Crippen LogP contribution in [-0.4, -0.2) is 47.0 Å². The van der Waals surface area contributed by atoms with Crippen molar-refractivity contribution in [3.05, 3.63) is 47.5 Å². The van der Waals surface area contributed by atoms with Crippen LogP contribution in [0.5, 0.6) is 11.5 Å². The van der Waals surface area contributed by atoms with Crippen LogP contribution in [0.3, 0.4) is 0 Å². The van der Waals surface area contributed by atoms with Crippen LogP contribution in [0.1, 0.15) is 28.8 Å². The highest BCUT2D eigenvalue weighted by Gasteiger charge is 2.19. The lowest BCUT2D eigenvalue weighted by Crippen LogP contribution is -2.28. The van der Waals surface area contributed by atoms with E-state index in [-0.39, 0.29) is 23.8 Å². The zero-order valence-electron chi connectivity index (χ0n) is 17.4. The Morgan fingerprint density at radius 1 is 1.06 bits per heavy atom. The third-order valence-electron chi connectivity index (χ3n) is 4.67. The first kappa shape index (κ1) is 22.6. The Hall–Kier alpha value is -3.11. The highest BCUT2D eigenvalue weighted by Crippen LogP contribution is 2.31. The maximum atomic E-state index is 12.6. The minimum Gasteiger partial charge on any atom is -0.490 e. The molecule has 0 aromatic heterocycles. The topological polar surface area (TPSA) is 123 Å². The Morgan fingerprint density at radius 3 is 2.55 bits per heavy atom. The number of hydrogen-bond acceptors (Lipinski definition) is 6.